The predicted octanol–water partition coefficient (Wildman–Crippen LogP) is 10.0. The van der Waals surface area contributed by atoms with Gasteiger partial charge in [-0.15, -0.1) is 0 Å². The highest BCUT2D eigenvalue weighted by Gasteiger charge is 2.60. The molecule has 0 amide bonds. The molecule has 1 unspecified atom stereocenters. The minimum absolute atomic E-state index is 0.496. The molecule has 4 aliphatic rings. The largest absolute Gasteiger partial charge is 0.261 e. The van der Waals surface area contributed by atoms with Gasteiger partial charge >= 0.3 is 0 Å². The number of hydrogen-bond donors (Lipinski definition) is 0. The van der Waals surface area contributed by atoms with Crippen LogP contribution in [0.5, 0.6) is 0 Å². The Morgan fingerprint density at radius 1 is 0.892 bits per heavy atom. The summed E-state index contributed by atoms with van der Waals surface area (Å²) in [5.74, 6) is 6.56. The minimum Gasteiger partial charge on any atom is -0.261 e. The number of aryl methyl sites for hydroxylation is 1. The highest BCUT2D eigenvalue weighted by atomic mass is 14.7. The van der Waals surface area contributed by atoms with Crippen molar-refractivity contribution in [3.63, 3.8) is 0 Å². The molecule has 1 nitrogen and oxygen atoms in total. The van der Waals surface area contributed by atoms with Gasteiger partial charge in [0.25, 0.3) is 0 Å². The van der Waals surface area contributed by atoms with Crippen LogP contribution in [-0.4, -0.2) is 4.98 Å². The van der Waals surface area contributed by atoms with Crippen molar-refractivity contribution in [3.8, 4) is 0 Å². The number of rotatable bonds is 9. The lowest BCUT2D eigenvalue weighted by atomic mass is 9.44. The second-order valence-corrected chi connectivity index (χ2v) is 15.3. The Morgan fingerprint density at radius 3 is 2.38 bits per heavy atom. The smallest absolute Gasteiger partial charge is 0.0438 e. The summed E-state index contributed by atoms with van der Waals surface area (Å²) < 4.78 is 0. The van der Waals surface area contributed by atoms with Gasteiger partial charge in [-0.3, -0.25) is 4.98 Å². The lowest BCUT2D eigenvalue weighted by Gasteiger charge is -2.61. The molecule has 0 aliphatic heterocycles. The first-order valence-electron chi connectivity index (χ1n) is 16.7. The summed E-state index contributed by atoms with van der Waals surface area (Å²) >= 11 is 0. The van der Waals surface area contributed by atoms with E-state index >= 15 is 0 Å². The fourth-order valence-corrected chi connectivity index (χ4v) is 10.9. The summed E-state index contributed by atoms with van der Waals surface area (Å²) in [4.78, 5) is 5.10. The molecule has 4 aliphatic carbocycles. The van der Waals surface area contributed by atoms with Crippen LogP contribution in [0.4, 0.5) is 0 Å². The topological polar surface area (TPSA) is 12.9 Å². The molecule has 1 heterocycles. The van der Waals surface area contributed by atoms with Gasteiger partial charge in [0.15, 0.2) is 0 Å². The van der Waals surface area contributed by atoms with Crippen LogP contribution in [0.25, 0.3) is 0 Å². The molecule has 1 aromatic heterocycles. The molecule has 8 atom stereocenters. The predicted molar refractivity (Wildman–Crippen MR) is 159 cm³/mol. The van der Waals surface area contributed by atoms with E-state index in [-0.39, 0.29) is 0 Å². The van der Waals surface area contributed by atoms with Crippen molar-refractivity contribution >= 4 is 0 Å². The highest BCUT2D eigenvalue weighted by Crippen LogP contribution is 2.68. The fraction of sp³-hybridized carbons (Fsp3) is 0.861. The fourth-order valence-electron chi connectivity index (χ4n) is 10.9. The third kappa shape index (κ3) is 4.86. The highest BCUT2D eigenvalue weighted by molar-refractivity contribution is 5.41. The van der Waals surface area contributed by atoms with Gasteiger partial charge in [0.1, 0.15) is 0 Å². The summed E-state index contributed by atoms with van der Waals surface area (Å²) in [7, 11) is 0. The number of aromatic nitrogens is 1. The van der Waals surface area contributed by atoms with Crippen LogP contribution in [0.3, 0.4) is 0 Å². The van der Waals surface area contributed by atoms with E-state index in [0.717, 1.165) is 47.8 Å². The average Bonchev–Trinajstić information content (AvgIpc) is 3.21. The molecule has 3 saturated carbocycles. The Bertz CT molecular complexity index is 931. The Balaban J connectivity index is 1.36. The van der Waals surface area contributed by atoms with E-state index in [4.69, 9.17) is 4.98 Å². The number of hydrogen-bond acceptors (Lipinski definition) is 1. The molecule has 3 fully saturated rings. The van der Waals surface area contributed by atoms with Crippen LogP contribution in [0.15, 0.2) is 6.20 Å². The first-order chi connectivity index (χ1) is 17.7. The van der Waals surface area contributed by atoms with E-state index in [9.17, 15) is 0 Å². The number of pyridine rings is 1. The van der Waals surface area contributed by atoms with E-state index in [1.54, 1.807) is 16.7 Å². The monoisotopic (exact) mass is 505 g/mol. The Morgan fingerprint density at radius 2 is 1.65 bits per heavy atom. The normalized spacial score (nSPS) is 37.6. The third-order valence-corrected chi connectivity index (χ3v) is 12.8. The molecule has 0 radical (unpaired) electrons. The summed E-state index contributed by atoms with van der Waals surface area (Å²) in [6.45, 7) is 17.6. The van der Waals surface area contributed by atoms with Crippen LogP contribution in [-0.2, 0) is 25.7 Å². The van der Waals surface area contributed by atoms with Crippen LogP contribution in [0, 0.1) is 52.3 Å². The van der Waals surface area contributed by atoms with Crippen molar-refractivity contribution in [2.24, 2.45) is 52.3 Å². The molecule has 0 bridgehead atoms. The van der Waals surface area contributed by atoms with Gasteiger partial charge in [-0.25, -0.2) is 0 Å². The van der Waals surface area contributed by atoms with Crippen molar-refractivity contribution < 1.29 is 0 Å². The van der Waals surface area contributed by atoms with Crippen LogP contribution < -0.4 is 0 Å². The maximum Gasteiger partial charge on any atom is 0.0438 e. The van der Waals surface area contributed by atoms with E-state index in [1.165, 1.54) is 95.6 Å². The molecular formula is C36H59N. The van der Waals surface area contributed by atoms with E-state index in [1.807, 2.05) is 0 Å². The first kappa shape index (κ1) is 27.7. The maximum absolute atomic E-state index is 5.10. The third-order valence-electron chi connectivity index (χ3n) is 12.8. The van der Waals surface area contributed by atoms with Gasteiger partial charge in [-0.1, -0.05) is 80.6 Å². The first-order valence-corrected chi connectivity index (χ1v) is 16.7. The maximum atomic E-state index is 5.10. The van der Waals surface area contributed by atoms with Gasteiger partial charge in [0.2, 0.25) is 0 Å². The van der Waals surface area contributed by atoms with Gasteiger partial charge in [0, 0.05) is 11.9 Å². The molecule has 37 heavy (non-hydrogen) atoms. The lowest BCUT2D eigenvalue weighted by Crippen LogP contribution is -2.54. The van der Waals surface area contributed by atoms with Crippen molar-refractivity contribution in [1.29, 1.82) is 0 Å². The van der Waals surface area contributed by atoms with Crippen LogP contribution in [0.2, 0.25) is 0 Å². The van der Waals surface area contributed by atoms with Crippen LogP contribution in [0.1, 0.15) is 141 Å². The zero-order valence-electron chi connectivity index (χ0n) is 25.7. The quantitative estimate of drug-likeness (QED) is 0.325. The molecule has 0 N–H and O–H groups in total. The van der Waals surface area contributed by atoms with Crippen molar-refractivity contribution in [2.45, 2.75) is 145 Å². The van der Waals surface area contributed by atoms with Gasteiger partial charge in [0.05, 0.1) is 0 Å². The number of fused-ring (bicyclic) bond motifs is 6. The van der Waals surface area contributed by atoms with Crippen molar-refractivity contribution in [2.75, 3.05) is 0 Å². The minimum atomic E-state index is 0.496. The molecule has 0 spiro atoms. The van der Waals surface area contributed by atoms with Gasteiger partial charge in [-0.05, 0) is 133 Å². The van der Waals surface area contributed by atoms with E-state index in [2.05, 4.69) is 54.7 Å². The molecule has 5 rings (SSSR count). The second kappa shape index (κ2) is 11.0. The molecule has 0 saturated heterocycles. The molecular weight excluding hydrogens is 446 g/mol. The average molecular weight is 506 g/mol. The Labute approximate surface area is 230 Å². The molecule has 208 valence electrons. The lowest BCUT2D eigenvalue weighted by molar-refractivity contribution is -0.103. The summed E-state index contributed by atoms with van der Waals surface area (Å²) in [5.41, 5.74) is 7.58. The standard InChI is InChI=1S/C36H59N/c1-8-11-28-30-21-27-15-16-29-32-18-17-31(25(5)14-10-13-24(3)4)35(32,6)20-19-33(29)36(27,7)22-26(30)23-37-34(28)12-9-2/h23-25,27,29,31-33H,8-22H2,1-7H3/t25-,27+,29-,31?,32+,33+,35-,36+/m1/s1. The van der Waals surface area contributed by atoms with E-state index in [0.29, 0.717) is 10.8 Å². The molecule has 1 aromatic rings. The van der Waals surface area contributed by atoms with Crippen LogP contribution >= 0.6 is 0 Å². The van der Waals surface area contributed by atoms with Crippen molar-refractivity contribution in [3.05, 3.63) is 28.6 Å². The van der Waals surface area contributed by atoms with Gasteiger partial charge < -0.3 is 0 Å². The Kier molecular flexibility index (Phi) is 8.21. The number of nitrogens with zero attached hydrogens (tertiary/aromatic N) is 1. The SMILES string of the molecule is CCCc1ncc2c(c1CCC)C[C@@H]1CC[C@H]3[C@H](CC[C@]4(C)C([C@H](C)CCCC(C)C)CC[C@@H]34)[C@@]1(C)C2. The molecule has 0 aromatic carbocycles. The summed E-state index contributed by atoms with van der Waals surface area (Å²) in [6, 6.07) is 0. The zero-order valence-corrected chi connectivity index (χ0v) is 25.7. The Hall–Kier alpha value is -0.850. The zero-order chi connectivity index (χ0) is 26.4. The summed E-state index contributed by atoms with van der Waals surface area (Å²) in [5, 5.41) is 0. The second-order valence-electron chi connectivity index (χ2n) is 15.3. The summed E-state index contributed by atoms with van der Waals surface area (Å²) in [6.07, 6.45) is 23.2. The molecule has 1 heteroatoms. The van der Waals surface area contributed by atoms with Gasteiger partial charge in [-0.2, -0.15) is 0 Å². The van der Waals surface area contributed by atoms with E-state index < -0.39 is 0 Å². The van der Waals surface area contributed by atoms with Crippen molar-refractivity contribution in [1.82, 2.24) is 4.98 Å².